The molecule has 3 rings (SSSR count). The van der Waals surface area contributed by atoms with Crippen molar-refractivity contribution >= 4 is 50.2 Å². The molecule has 10 heteroatoms. The number of anilines is 1. The molecule has 1 atom stereocenters. The van der Waals surface area contributed by atoms with Gasteiger partial charge in [0.05, 0.1) is 29.3 Å². The first-order valence-corrected chi connectivity index (χ1v) is 14.3. The number of hydrogen-bond acceptors (Lipinski definition) is 6. The Morgan fingerprint density at radius 3 is 2.26 bits per heavy atom. The zero-order chi connectivity index (χ0) is 22.4. The summed E-state index contributed by atoms with van der Waals surface area (Å²) in [6.45, 7) is 8.22. The molecule has 1 aromatic rings. The van der Waals surface area contributed by atoms with Crippen LogP contribution in [0, 0.1) is 11.8 Å². The van der Waals surface area contributed by atoms with Crippen molar-refractivity contribution in [2.45, 2.75) is 55.1 Å². The summed E-state index contributed by atoms with van der Waals surface area (Å²) in [6.07, 6.45) is 8.55. The van der Waals surface area contributed by atoms with E-state index >= 15 is 0 Å². The Morgan fingerprint density at radius 2 is 1.68 bits per heavy atom. The van der Waals surface area contributed by atoms with Gasteiger partial charge in [-0.3, -0.25) is 0 Å². The van der Waals surface area contributed by atoms with Crippen molar-refractivity contribution in [1.82, 2.24) is 14.3 Å². The van der Waals surface area contributed by atoms with Gasteiger partial charge < -0.3 is 9.64 Å². The average Bonchev–Trinajstić information content (AvgIpc) is 2.75. The van der Waals surface area contributed by atoms with Crippen LogP contribution in [0.4, 0.5) is 5.95 Å². The van der Waals surface area contributed by atoms with Crippen molar-refractivity contribution in [3.8, 4) is 0 Å². The maximum Gasteiger partial charge on any atom is 0.225 e. The first-order valence-electron chi connectivity index (χ1n) is 11.2. The minimum Gasteiger partial charge on any atom is -0.380 e. The van der Waals surface area contributed by atoms with Crippen LogP contribution in [0.25, 0.3) is 0 Å². The van der Waals surface area contributed by atoms with Gasteiger partial charge in [-0.1, -0.05) is 34.2 Å². The number of piperidine rings is 2. The summed E-state index contributed by atoms with van der Waals surface area (Å²) in [5, 5.41) is 0.225. The molecule has 0 unspecified atom stereocenters. The van der Waals surface area contributed by atoms with Gasteiger partial charge in [0.1, 0.15) is 0 Å². The van der Waals surface area contributed by atoms with Crippen molar-refractivity contribution in [2.24, 2.45) is 11.8 Å². The number of aromatic nitrogens is 2. The number of sulfonamides is 1. The highest BCUT2D eigenvalue weighted by molar-refractivity contribution is 14.1. The van der Waals surface area contributed by atoms with Gasteiger partial charge in [0.2, 0.25) is 16.0 Å². The number of hydrogen-bond donors (Lipinski definition) is 0. The lowest BCUT2D eigenvalue weighted by molar-refractivity contribution is 0.0789. The van der Waals surface area contributed by atoms with Crippen LogP contribution in [-0.4, -0.2) is 71.3 Å². The first-order chi connectivity index (χ1) is 14.8. The smallest absolute Gasteiger partial charge is 0.225 e. The van der Waals surface area contributed by atoms with Crippen LogP contribution in [0.15, 0.2) is 12.4 Å². The summed E-state index contributed by atoms with van der Waals surface area (Å²) >= 11 is 8.39. The lowest BCUT2D eigenvalue weighted by Crippen LogP contribution is -2.42. The highest BCUT2D eigenvalue weighted by Crippen LogP contribution is 2.27. The molecule has 3 heterocycles. The van der Waals surface area contributed by atoms with E-state index in [9.17, 15) is 8.42 Å². The molecule has 0 amide bonds. The second kappa shape index (κ2) is 11.8. The van der Waals surface area contributed by atoms with Crippen LogP contribution in [0.5, 0.6) is 0 Å². The number of nitrogens with zero attached hydrogens (tertiary/aromatic N) is 4. The van der Waals surface area contributed by atoms with Gasteiger partial charge in [-0.2, -0.15) is 0 Å². The molecule has 176 valence electrons. The molecule has 2 fully saturated rings. The number of alkyl halides is 1. The lowest BCUT2D eigenvalue weighted by atomic mass is 9.92. The third kappa shape index (κ3) is 7.38. The third-order valence-corrected chi connectivity index (χ3v) is 9.61. The highest BCUT2D eigenvalue weighted by Gasteiger charge is 2.30. The molecule has 2 aliphatic rings. The minimum atomic E-state index is -3.12. The maximum absolute atomic E-state index is 12.3. The van der Waals surface area contributed by atoms with Crippen molar-refractivity contribution in [1.29, 1.82) is 0 Å². The summed E-state index contributed by atoms with van der Waals surface area (Å²) < 4.78 is 32.7. The van der Waals surface area contributed by atoms with E-state index in [0.717, 1.165) is 57.9 Å². The third-order valence-electron chi connectivity index (χ3n) is 6.27. The number of rotatable bonds is 9. The van der Waals surface area contributed by atoms with Gasteiger partial charge >= 0.3 is 0 Å². The predicted molar refractivity (Wildman–Crippen MR) is 134 cm³/mol. The quantitative estimate of drug-likeness (QED) is 0.323. The SMILES string of the molecule is CC(C)S(=O)(=O)N1CCC(COC[C@H](I)CC2CCN(c3ncc(Cl)cn3)CC2)CC1. The van der Waals surface area contributed by atoms with Crippen LogP contribution < -0.4 is 4.90 Å². The van der Waals surface area contributed by atoms with Crippen LogP contribution in [0.3, 0.4) is 0 Å². The average molecular weight is 585 g/mol. The van der Waals surface area contributed by atoms with E-state index in [-0.39, 0.29) is 5.25 Å². The van der Waals surface area contributed by atoms with Gasteiger partial charge in [0.15, 0.2) is 0 Å². The molecule has 0 spiro atoms. The number of halogens is 2. The molecular weight excluding hydrogens is 551 g/mol. The van der Waals surface area contributed by atoms with Crippen molar-refractivity contribution in [2.75, 3.05) is 44.3 Å². The van der Waals surface area contributed by atoms with E-state index in [4.69, 9.17) is 16.3 Å². The molecule has 1 aromatic heterocycles. The summed E-state index contributed by atoms with van der Waals surface area (Å²) in [6, 6.07) is 0. The lowest BCUT2D eigenvalue weighted by Gasteiger charge is -2.33. The monoisotopic (exact) mass is 584 g/mol. The first kappa shape index (κ1) is 25.4. The van der Waals surface area contributed by atoms with Gasteiger partial charge in [-0.05, 0) is 57.8 Å². The van der Waals surface area contributed by atoms with E-state index < -0.39 is 10.0 Å². The molecule has 0 radical (unpaired) electrons. The summed E-state index contributed by atoms with van der Waals surface area (Å²) in [4.78, 5) is 10.9. The fourth-order valence-corrected chi connectivity index (χ4v) is 6.65. The van der Waals surface area contributed by atoms with E-state index in [2.05, 4.69) is 37.5 Å². The van der Waals surface area contributed by atoms with Gasteiger partial charge in [0.25, 0.3) is 0 Å². The van der Waals surface area contributed by atoms with Crippen molar-refractivity contribution in [3.63, 3.8) is 0 Å². The largest absolute Gasteiger partial charge is 0.380 e. The maximum atomic E-state index is 12.3. The molecule has 2 aliphatic heterocycles. The zero-order valence-corrected chi connectivity index (χ0v) is 22.1. The second-order valence-electron chi connectivity index (χ2n) is 8.94. The molecule has 0 aliphatic carbocycles. The molecule has 2 saturated heterocycles. The van der Waals surface area contributed by atoms with Gasteiger partial charge in [-0.15, -0.1) is 0 Å². The molecule has 0 N–H and O–H groups in total. The molecule has 0 bridgehead atoms. The molecular formula is C21H34ClIN4O3S. The Bertz CT molecular complexity index is 780. The Hall–Kier alpha value is -0.230. The highest BCUT2D eigenvalue weighted by atomic mass is 127. The van der Waals surface area contributed by atoms with Crippen LogP contribution >= 0.6 is 34.2 Å². The van der Waals surface area contributed by atoms with E-state index in [0.29, 0.717) is 33.9 Å². The second-order valence-corrected chi connectivity index (χ2v) is 13.6. The molecule has 31 heavy (non-hydrogen) atoms. The van der Waals surface area contributed by atoms with Gasteiger partial charge in [-0.25, -0.2) is 22.7 Å². The molecule has 7 nitrogen and oxygen atoms in total. The van der Waals surface area contributed by atoms with Gasteiger partial charge in [0, 0.05) is 36.7 Å². The summed E-state index contributed by atoms with van der Waals surface area (Å²) in [7, 11) is -3.12. The standard InChI is InChI=1S/C21H34ClIN4O3S/c1-16(2)31(28,29)27-9-5-18(6-10-27)14-30-15-20(23)11-17-3-7-26(8-4-17)21-24-12-19(22)13-25-21/h12-13,16-18,20H,3-11,14-15H2,1-2H3/t20-/m1/s1. The van der Waals surface area contributed by atoms with E-state index in [1.807, 2.05) is 0 Å². The zero-order valence-electron chi connectivity index (χ0n) is 18.4. The topological polar surface area (TPSA) is 75.6 Å². The summed E-state index contributed by atoms with van der Waals surface area (Å²) in [5.74, 6) is 1.94. The van der Waals surface area contributed by atoms with E-state index in [1.54, 1.807) is 30.5 Å². The van der Waals surface area contributed by atoms with Crippen molar-refractivity contribution in [3.05, 3.63) is 17.4 Å². The van der Waals surface area contributed by atoms with Crippen LogP contribution in [-0.2, 0) is 14.8 Å². The minimum absolute atomic E-state index is 0.342. The van der Waals surface area contributed by atoms with Crippen molar-refractivity contribution < 1.29 is 13.2 Å². The Labute approximate surface area is 205 Å². The fourth-order valence-electron chi connectivity index (χ4n) is 4.26. The number of ether oxygens (including phenoxy) is 1. The summed E-state index contributed by atoms with van der Waals surface area (Å²) in [5.41, 5.74) is 0. The Kier molecular flexibility index (Phi) is 9.64. The molecule has 0 saturated carbocycles. The van der Waals surface area contributed by atoms with Crippen LogP contribution in [0.2, 0.25) is 5.02 Å². The Balaban J connectivity index is 1.30. The van der Waals surface area contributed by atoms with E-state index in [1.165, 1.54) is 6.42 Å². The van der Waals surface area contributed by atoms with Crippen LogP contribution in [0.1, 0.15) is 46.0 Å². The predicted octanol–water partition coefficient (Wildman–Crippen LogP) is 4.01. The fraction of sp³-hybridized carbons (Fsp3) is 0.810. The molecule has 0 aromatic carbocycles. The Morgan fingerprint density at radius 1 is 1.10 bits per heavy atom. The normalized spacial score (nSPS) is 21.0.